The molecule has 2 aromatic heterocycles. The van der Waals surface area contributed by atoms with Gasteiger partial charge in [-0.2, -0.15) is 0 Å². The van der Waals surface area contributed by atoms with Gasteiger partial charge in [-0.25, -0.2) is 9.78 Å². The van der Waals surface area contributed by atoms with Crippen molar-refractivity contribution in [3.8, 4) is 11.5 Å². The normalized spacial score (nSPS) is 16.1. The van der Waals surface area contributed by atoms with Crippen molar-refractivity contribution in [2.75, 3.05) is 27.9 Å². The Balaban J connectivity index is 1.96. The molecule has 0 radical (unpaired) electrons. The standard InChI is InChI=1S/C20H21N3O4/c1-25-15-8-4-6-14(18(15)26-2)17-16-12(9-11-23(17)20(24)27-3)13-7-5-10-21-19(13)22-16/h4-8,10,17H,9,11H2,1-3H3,(H,21,22). The van der Waals surface area contributed by atoms with E-state index in [0.717, 1.165) is 34.3 Å². The average molecular weight is 367 g/mol. The molecule has 0 spiro atoms. The van der Waals surface area contributed by atoms with Crippen LogP contribution >= 0.6 is 0 Å². The zero-order chi connectivity index (χ0) is 19.0. The second-order valence-electron chi connectivity index (χ2n) is 6.32. The Morgan fingerprint density at radius 2 is 2.04 bits per heavy atom. The molecule has 140 valence electrons. The molecule has 1 amide bonds. The Hall–Kier alpha value is -3.22. The molecule has 0 saturated carbocycles. The number of rotatable bonds is 3. The molecule has 1 aromatic carbocycles. The van der Waals surface area contributed by atoms with Crippen LogP contribution in [0.1, 0.15) is 22.9 Å². The van der Waals surface area contributed by atoms with Gasteiger partial charge in [-0.3, -0.25) is 4.90 Å². The highest BCUT2D eigenvalue weighted by atomic mass is 16.5. The number of aromatic amines is 1. The van der Waals surface area contributed by atoms with Crippen molar-refractivity contribution in [2.45, 2.75) is 12.5 Å². The molecule has 0 aliphatic carbocycles. The van der Waals surface area contributed by atoms with Crippen molar-refractivity contribution in [3.63, 3.8) is 0 Å². The minimum absolute atomic E-state index is 0.387. The number of hydrogen-bond acceptors (Lipinski definition) is 5. The van der Waals surface area contributed by atoms with Gasteiger partial charge in [0.05, 0.1) is 21.3 Å². The highest BCUT2D eigenvalue weighted by Crippen LogP contribution is 2.44. The molecule has 4 rings (SSSR count). The lowest BCUT2D eigenvalue weighted by Gasteiger charge is -2.35. The number of amides is 1. The van der Waals surface area contributed by atoms with Gasteiger partial charge < -0.3 is 19.2 Å². The number of fused-ring (bicyclic) bond motifs is 3. The summed E-state index contributed by atoms with van der Waals surface area (Å²) in [5.41, 5.74) is 3.72. The summed E-state index contributed by atoms with van der Waals surface area (Å²) in [7, 11) is 4.59. The first-order valence-electron chi connectivity index (χ1n) is 8.70. The zero-order valence-corrected chi connectivity index (χ0v) is 15.5. The Morgan fingerprint density at radius 1 is 1.19 bits per heavy atom. The van der Waals surface area contributed by atoms with Crippen molar-refractivity contribution >= 4 is 17.1 Å². The van der Waals surface area contributed by atoms with Crippen LogP contribution in [-0.4, -0.2) is 48.8 Å². The van der Waals surface area contributed by atoms with Crippen molar-refractivity contribution in [3.05, 3.63) is 53.3 Å². The van der Waals surface area contributed by atoms with Crippen LogP contribution in [-0.2, 0) is 11.2 Å². The molecule has 27 heavy (non-hydrogen) atoms. The van der Waals surface area contributed by atoms with E-state index in [4.69, 9.17) is 14.2 Å². The number of ether oxygens (including phenoxy) is 3. The third kappa shape index (κ3) is 2.66. The molecule has 1 aliphatic rings. The van der Waals surface area contributed by atoms with Crippen LogP contribution in [0.2, 0.25) is 0 Å². The number of benzene rings is 1. The minimum atomic E-state index is -0.388. The van der Waals surface area contributed by atoms with Crippen LogP contribution in [0.25, 0.3) is 11.0 Å². The molecule has 3 heterocycles. The average Bonchev–Trinajstić information content (AvgIpc) is 3.10. The maximum Gasteiger partial charge on any atom is 0.410 e. The van der Waals surface area contributed by atoms with Gasteiger partial charge in [0.15, 0.2) is 11.5 Å². The first-order valence-corrected chi connectivity index (χ1v) is 8.70. The number of aromatic nitrogens is 2. The lowest BCUT2D eigenvalue weighted by molar-refractivity contribution is 0.107. The highest BCUT2D eigenvalue weighted by molar-refractivity contribution is 5.83. The highest BCUT2D eigenvalue weighted by Gasteiger charge is 2.37. The summed E-state index contributed by atoms with van der Waals surface area (Å²) in [6.07, 6.45) is 2.09. The molecule has 0 bridgehead atoms. The molecule has 7 nitrogen and oxygen atoms in total. The van der Waals surface area contributed by atoms with Crippen LogP contribution in [0.15, 0.2) is 36.5 Å². The monoisotopic (exact) mass is 367 g/mol. The fraction of sp³-hybridized carbons (Fsp3) is 0.300. The molecule has 0 fully saturated rings. The predicted molar refractivity (Wildman–Crippen MR) is 100 cm³/mol. The van der Waals surface area contributed by atoms with E-state index in [-0.39, 0.29) is 12.1 Å². The van der Waals surface area contributed by atoms with Gasteiger partial charge >= 0.3 is 6.09 Å². The van der Waals surface area contributed by atoms with Crippen molar-refractivity contribution < 1.29 is 19.0 Å². The smallest absolute Gasteiger partial charge is 0.410 e. The number of para-hydroxylation sites is 1. The van der Waals surface area contributed by atoms with Gasteiger partial charge in [-0.1, -0.05) is 12.1 Å². The van der Waals surface area contributed by atoms with Crippen LogP contribution in [0.5, 0.6) is 11.5 Å². The second kappa shape index (κ2) is 6.83. The molecule has 1 aliphatic heterocycles. The van der Waals surface area contributed by atoms with E-state index in [2.05, 4.69) is 9.97 Å². The lowest BCUT2D eigenvalue weighted by atomic mass is 9.92. The Morgan fingerprint density at radius 3 is 2.78 bits per heavy atom. The number of carbonyl (C=O) groups excluding carboxylic acids is 1. The summed E-state index contributed by atoms with van der Waals surface area (Å²) >= 11 is 0. The first-order chi connectivity index (χ1) is 13.2. The van der Waals surface area contributed by atoms with Gasteiger partial charge in [0.25, 0.3) is 0 Å². The van der Waals surface area contributed by atoms with Crippen LogP contribution in [0.4, 0.5) is 4.79 Å². The lowest BCUT2D eigenvalue weighted by Crippen LogP contribution is -2.40. The molecular formula is C20H21N3O4. The third-order valence-electron chi connectivity index (χ3n) is 5.04. The predicted octanol–water partition coefficient (Wildman–Crippen LogP) is 3.29. The molecule has 1 atom stereocenters. The summed E-state index contributed by atoms with van der Waals surface area (Å²) in [4.78, 5) is 22.1. The second-order valence-corrected chi connectivity index (χ2v) is 6.32. The van der Waals surface area contributed by atoms with E-state index in [1.807, 2.05) is 30.3 Å². The molecule has 7 heteroatoms. The molecular weight excluding hydrogens is 346 g/mol. The van der Waals surface area contributed by atoms with Crippen LogP contribution < -0.4 is 9.47 Å². The van der Waals surface area contributed by atoms with E-state index in [9.17, 15) is 4.79 Å². The fourth-order valence-corrected chi connectivity index (χ4v) is 3.88. The van der Waals surface area contributed by atoms with Gasteiger partial charge in [0, 0.05) is 29.4 Å². The van der Waals surface area contributed by atoms with Crippen LogP contribution in [0, 0.1) is 0 Å². The van der Waals surface area contributed by atoms with Gasteiger partial charge in [0.1, 0.15) is 11.7 Å². The van der Waals surface area contributed by atoms with Crippen molar-refractivity contribution in [2.24, 2.45) is 0 Å². The quantitative estimate of drug-likeness (QED) is 0.769. The minimum Gasteiger partial charge on any atom is -0.493 e. The van der Waals surface area contributed by atoms with E-state index >= 15 is 0 Å². The zero-order valence-electron chi connectivity index (χ0n) is 15.5. The Bertz CT molecular complexity index is 998. The number of pyridine rings is 1. The van der Waals surface area contributed by atoms with Crippen molar-refractivity contribution in [1.82, 2.24) is 14.9 Å². The van der Waals surface area contributed by atoms with E-state index < -0.39 is 0 Å². The van der Waals surface area contributed by atoms with Crippen LogP contribution in [0.3, 0.4) is 0 Å². The third-order valence-corrected chi connectivity index (χ3v) is 5.04. The molecule has 1 unspecified atom stereocenters. The summed E-state index contributed by atoms with van der Waals surface area (Å²) in [5.74, 6) is 1.21. The first kappa shape index (κ1) is 17.2. The van der Waals surface area contributed by atoms with E-state index in [0.29, 0.717) is 18.0 Å². The van der Waals surface area contributed by atoms with E-state index in [1.165, 1.54) is 7.11 Å². The Kier molecular flexibility index (Phi) is 4.35. The van der Waals surface area contributed by atoms with E-state index in [1.54, 1.807) is 25.3 Å². The number of H-pyrrole nitrogens is 1. The number of nitrogens with zero attached hydrogens (tertiary/aromatic N) is 2. The SMILES string of the molecule is COC(=O)N1CCc2c([nH]c3ncccc23)C1c1cccc(OC)c1OC. The van der Waals surface area contributed by atoms with Gasteiger partial charge in [-0.05, 0) is 30.2 Å². The van der Waals surface area contributed by atoms with Gasteiger partial charge in [0.2, 0.25) is 0 Å². The molecule has 1 N–H and O–H groups in total. The van der Waals surface area contributed by atoms with Crippen molar-refractivity contribution in [1.29, 1.82) is 0 Å². The topological polar surface area (TPSA) is 76.7 Å². The van der Waals surface area contributed by atoms with Gasteiger partial charge in [-0.15, -0.1) is 0 Å². The number of hydrogen-bond donors (Lipinski definition) is 1. The summed E-state index contributed by atoms with van der Waals surface area (Å²) < 4.78 is 16.1. The molecule has 0 saturated heterocycles. The summed E-state index contributed by atoms with van der Waals surface area (Å²) in [5, 5.41) is 1.07. The summed E-state index contributed by atoms with van der Waals surface area (Å²) in [6, 6.07) is 9.24. The number of nitrogens with one attached hydrogen (secondary N) is 1. The Labute approximate surface area is 156 Å². The fourth-order valence-electron chi connectivity index (χ4n) is 3.88. The largest absolute Gasteiger partial charge is 0.493 e. The maximum atomic E-state index is 12.5. The number of methoxy groups -OCH3 is 3. The maximum absolute atomic E-state index is 12.5. The summed E-state index contributed by atoms with van der Waals surface area (Å²) in [6.45, 7) is 0.534. The molecule has 3 aromatic rings. The number of carbonyl (C=O) groups is 1.